The van der Waals surface area contributed by atoms with Crippen LogP contribution in [0.15, 0.2) is 23.1 Å². The van der Waals surface area contributed by atoms with Gasteiger partial charge in [-0.3, -0.25) is 4.79 Å². The minimum absolute atomic E-state index is 0. The second kappa shape index (κ2) is 5.56. The second-order valence-electron chi connectivity index (χ2n) is 2.59. The second-order valence-corrected chi connectivity index (χ2v) is 3.08. The summed E-state index contributed by atoms with van der Waals surface area (Å²) >= 11 is 3.96. The summed E-state index contributed by atoms with van der Waals surface area (Å²) < 4.78 is 0. The van der Waals surface area contributed by atoms with Crippen LogP contribution < -0.4 is 0 Å². The SMILES string of the molecule is CC(=O)c1ccc(S)c(C(=O)O)c1.[NaH]. The summed E-state index contributed by atoms with van der Waals surface area (Å²) in [4.78, 5) is 21.9. The number of benzene rings is 1. The molecule has 1 aromatic rings. The standard InChI is InChI=1S/C9H8O3S.Na.H/c1-5(10)6-2-3-8(13)7(4-6)9(11)12;;/h2-4,13H,1H3,(H,11,12);;. The van der Waals surface area contributed by atoms with Crippen LogP contribution in [-0.4, -0.2) is 46.4 Å². The summed E-state index contributed by atoms with van der Waals surface area (Å²) in [5, 5.41) is 8.71. The van der Waals surface area contributed by atoms with Gasteiger partial charge in [-0.25, -0.2) is 4.79 Å². The zero-order chi connectivity index (χ0) is 10.0. The molecule has 0 amide bonds. The molecule has 0 heterocycles. The van der Waals surface area contributed by atoms with E-state index in [0.717, 1.165) is 0 Å². The first-order valence-electron chi connectivity index (χ1n) is 3.59. The molecule has 0 spiro atoms. The fraction of sp³-hybridized carbons (Fsp3) is 0.111. The summed E-state index contributed by atoms with van der Waals surface area (Å²) in [7, 11) is 0. The Morgan fingerprint density at radius 2 is 1.93 bits per heavy atom. The van der Waals surface area contributed by atoms with E-state index in [9.17, 15) is 9.59 Å². The molecule has 14 heavy (non-hydrogen) atoms. The van der Waals surface area contributed by atoms with Gasteiger partial charge in [0.2, 0.25) is 0 Å². The van der Waals surface area contributed by atoms with Gasteiger partial charge in [-0.2, -0.15) is 0 Å². The van der Waals surface area contributed by atoms with Gasteiger partial charge in [0.05, 0.1) is 5.56 Å². The fourth-order valence-electron chi connectivity index (χ4n) is 0.926. The molecule has 3 nitrogen and oxygen atoms in total. The molecule has 0 aliphatic rings. The maximum absolute atomic E-state index is 10.9. The van der Waals surface area contributed by atoms with Crippen LogP contribution in [0.4, 0.5) is 0 Å². The van der Waals surface area contributed by atoms with E-state index in [1.54, 1.807) is 6.07 Å². The molecule has 0 atom stereocenters. The van der Waals surface area contributed by atoms with Gasteiger partial charge in [0.15, 0.2) is 5.78 Å². The average Bonchev–Trinajstić information content (AvgIpc) is 2.04. The van der Waals surface area contributed by atoms with Crippen LogP contribution in [0.25, 0.3) is 0 Å². The zero-order valence-corrected chi connectivity index (χ0v) is 7.84. The topological polar surface area (TPSA) is 54.4 Å². The van der Waals surface area contributed by atoms with E-state index in [-0.39, 0.29) is 40.9 Å². The molecule has 5 heteroatoms. The van der Waals surface area contributed by atoms with Crippen LogP contribution in [-0.2, 0) is 0 Å². The number of hydrogen-bond donors (Lipinski definition) is 2. The number of carbonyl (C=O) groups excluding carboxylic acids is 1. The Kier molecular flexibility index (Phi) is 5.44. The molecule has 0 aliphatic carbocycles. The van der Waals surface area contributed by atoms with Crippen molar-refractivity contribution in [1.29, 1.82) is 0 Å². The van der Waals surface area contributed by atoms with E-state index in [2.05, 4.69) is 12.6 Å². The Morgan fingerprint density at radius 3 is 2.36 bits per heavy atom. The van der Waals surface area contributed by atoms with Gasteiger partial charge in [-0.15, -0.1) is 12.6 Å². The van der Waals surface area contributed by atoms with Gasteiger partial charge in [0.25, 0.3) is 0 Å². The number of thiol groups is 1. The molecule has 1 N–H and O–H groups in total. The Bertz CT molecular complexity index is 376. The third-order valence-corrected chi connectivity index (χ3v) is 2.02. The Morgan fingerprint density at radius 1 is 1.36 bits per heavy atom. The molecule has 1 rings (SSSR count). The Labute approximate surface area is 109 Å². The van der Waals surface area contributed by atoms with Crippen LogP contribution >= 0.6 is 12.6 Å². The molecule has 0 radical (unpaired) electrons. The quantitative estimate of drug-likeness (QED) is 0.447. The van der Waals surface area contributed by atoms with Crippen molar-refractivity contribution in [3.63, 3.8) is 0 Å². The average molecular weight is 220 g/mol. The summed E-state index contributed by atoms with van der Waals surface area (Å²) in [6, 6.07) is 4.38. The number of carboxylic acids is 1. The zero-order valence-electron chi connectivity index (χ0n) is 6.94. The van der Waals surface area contributed by atoms with E-state index < -0.39 is 5.97 Å². The van der Waals surface area contributed by atoms with E-state index in [1.165, 1.54) is 19.1 Å². The third kappa shape index (κ3) is 3.13. The van der Waals surface area contributed by atoms with E-state index >= 15 is 0 Å². The summed E-state index contributed by atoms with van der Waals surface area (Å²) in [6.45, 7) is 1.39. The molecule has 0 aromatic heterocycles. The van der Waals surface area contributed by atoms with Gasteiger partial charge >= 0.3 is 35.5 Å². The number of carbonyl (C=O) groups is 2. The molecule has 0 fully saturated rings. The van der Waals surface area contributed by atoms with Crippen molar-refractivity contribution in [1.82, 2.24) is 0 Å². The van der Waals surface area contributed by atoms with Gasteiger partial charge in [0.1, 0.15) is 0 Å². The molecule has 0 unspecified atom stereocenters. The van der Waals surface area contributed by atoms with Crippen molar-refractivity contribution in [3.05, 3.63) is 29.3 Å². The first-order chi connectivity index (χ1) is 6.02. The first kappa shape index (κ1) is 13.7. The predicted octanol–water partition coefficient (Wildman–Crippen LogP) is 1.23. The Hall–Kier alpha value is -0.290. The van der Waals surface area contributed by atoms with Crippen LogP contribution in [0, 0.1) is 0 Å². The normalized spacial score (nSPS) is 9.00. The summed E-state index contributed by atoms with van der Waals surface area (Å²) in [5.41, 5.74) is 0.436. The maximum atomic E-state index is 10.9. The minimum atomic E-state index is -1.08. The van der Waals surface area contributed by atoms with Gasteiger partial charge in [-0.05, 0) is 19.1 Å². The first-order valence-corrected chi connectivity index (χ1v) is 4.04. The van der Waals surface area contributed by atoms with Crippen molar-refractivity contribution in [2.24, 2.45) is 0 Å². The summed E-state index contributed by atoms with van der Waals surface area (Å²) in [5.74, 6) is -1.23. The van der Waals surface area contributed by atoms with Crippen molar-refractivity contribution in [3.8, 4) is 0 Å². The van der Waals surface area contributed by atoms with E-state index in [0.29, 0.717) is 10.5 Å². The monoisotopic (exact) mass is 220 g/mol. The molecule has 0 saturated heterocycles. The summed E-state index contributed by atoms with van der Waals surface area (Å²) in [6.07, 6.45) is 0. The Balaban J connectivity index is 0.00000169. The predicted molar refractivity (Wildman–Crippen MR) is 57.8 cm³/mol. The van der Waals surface area contributed by atoms with Crippen LogP contribution in [0.3, 0.4) is 0 Å². The number of Topliss-reactive ketones (excluding diaryl/α,β-unsaturated/α-hetero) is 1. The molecular formula is C9H9NaO3S. The third-order valence-electron chi connectivity index (χ3n) is 1.63. The number of ketones is 1. The molecule has 0 saturated carbocycles. The molecule has 1 aromatic carbocycles. The number of aromatic carboxylic acids is 1. The fourth-order valence-corrected chi connectivity index (χ4v) is 1.16. The number of hydrogen-bond acceptors (Lipinski definition) is 3. The van der Waals surface area contributed by atoms with Gasteiger partial charge < -0.3 is 5.11 Å². The van der Waals surface area contributed by atoms with Crippen molar-refractivity contribution < 1.29 is 14.7 Å². The van der Waals surface area contributed by atoms with Crippen molar-refractivity contribution >= 4 is 53.9 Å². The van der Waals surface area contributed by atoms with E-state index in [4.69, 9.17) is 5.11 Å². The molecule has 0 bridgehead atoms. The van der Waals surface area contributed by atoms with Crippen molar-refractivity contribution in [2.75, 3.05) is 0 Å². The number of carboxylic acid groups (broad SMARTS) is 1. The van der Waals surface area contributed by atoms with Gasteiger partial charge in [0, 0.05) is 10.5 Å². The molecule has 70 valence electrons. The molecular weight excluding hydrogens is 211 g/mol. The molecule has 0 aliphatic heterocycles. The van der Waals surface area contributed by atoms with Crippen LogP contribution in [0.1, 0.15) is 27.6 Å². The van der Waals surface area contributed by atoms with Gasteiger partial charge in [-0.1, -0.05) is 6.07 Å². The van der Waals surface area contributed by atoms with Crippen LogP contribution in [0.2, 0.25) is 0 Å². The number of rotatable bonds is 2. The van der Waals surface area contributed by atoms with Crippen LogP contribution in [0.5, 0.6) is 0 Å². The van der Waals surface area contributed by atoms with E-state index in [1.807, 2.05) is 0 Å². The van der Waals surface area contributed by atoms with Crippen molar-refractivity contribution in [2.45, 2.75) is 11.8 Å².